The third-order valence-electron chi connectivity index (χ3n) is 4.33. The monoisotopic (exact) mass is 366 g/mol. The summed E-state index contributed by atoms with van der Waals surface area (Å²) >= 11 is 0. The van der Waals surface area contributed by atoms with Gasteiger partial charge in [0.1, 0.15) is 5.82 Å². The number of H-pyrrole nitrogens is 1. The molecule has 1 aromatic carbocycles. The van der Waals surface area contributed by atoms with Gasteiger partial charge in [-0.2, -0.15) is 0 Å². The third-order valence-corrected chi connectivity index (χ3v) is 4.33. The largest absolute Gasteiger partial charge is 0.462 e. The molecule has 140 valence electrons. The molecule has 0 unspecified atom stereocenters. The topological polar surface area (TPSA) is 55.0 Å². The normalized spacial score (nSPS) is 11.4. The molecule has 0 radical (unpaired) electrons. The quantitative estimate of drug-likeness (QED) is 0.633. The van der Waals surface area contributed by atoms with Gasteiger partial charge in [-0.3, -0.25) is 4.98 Å². The van der Waals surface area contributed by atoms with E-state index in [4.69, 9.17) is 4.74 Å². The van der Waals surface area contributed by atoms with Crippen LogP contribution in [0.1, 0.15) is 43.7 Å². The molecule has 2 heterocycles. The molecule has 0 atom stereocenters. The number of aromatic amines is 1. The van der Waals surface area contributed by atoms with E-state index in [0.29, 0.717) is 5.56 Å². The van der Waals surface area contributed by atoms with Gasteiger partial charge in [0.05, 0.1) is 17.9 Å². The fourth-order valence-corrected chi connectivity index (χ4v) is 3.11. The summed E-state index contributed by atoms with van der Waals surface area (Å²) < 4.78 is 18.8. The molecule has 0 aliphatic rings. The Morgan fingerprint density at radius 3 is 2.26 bits per heavy atom. The van der Waals surface area contributed by atoms with Crippen LogP contribution in [0.5, 0.6) is 0 Å². The zero-order chi connectivity index (χ0) is 19.6. The smallest absolute Gasteiger partial charge is 0.340 e. The van der Waals surface area contributed by atoms with E-state index in [1.807, 2.05) is 32.9 Å². The fourth-order valence-electron chi connectivity index (χ4n) is 3.11. The Morgan fingerprint density at radius 1 is 1.07 bits per heavy atom. The Morgan fingerprint density at radius 2 is 1.70 bits per heavy atom. The van der Waals surface area contributed by atoms with E-state index in [1.54, 1.807) is 31.5 Å². The molecule has 27 heavy (non-hydrogen) atoms. The van der Waals surface area contributed by atoms with Crippen LogP contribution in [0.2, 0.25) is 0 Å². The lowest BCUT2D eigenvalue weighted by Crippen LogP contribution is -2.18. The number of hydrogen-bond donors (Lipinski definition) is 1. The van der Waals surface area contributed by atoms with Gasteiger partial charge in [0.25, 0.3) is 0 Å². The summed E-state index contributed by atoms with van der Waals surface area (Å²) in [7, 11) is 0. The number of ether oxygens (including phenoxy) is 1. The number of nitrogens with zero attached hydrogens (tertiary/aromatic N) is 1. The number of hydrogen-bond acceptors (Lipinski definition) is 3. The predicted octanol–water partition coefficient (Wildman–Crippen LogP) is 5.36. The van der Waals surface area contributed by atoms with E-state index in [-0.39, 0.29) is 23.8 Å². The lowest BCUT2D eigenvalue weighted by molar-refractivity contribution is 0.0524. The molecule has 0 bridgehead atoms. The summed E-state index contributed by atoms with van der Waals surface area (Å²) in [4.78, 5) is 20.4. The van der Waals surface area contributed by atoms with Crippen molar-refractivity contribution in [2.75, 3.05) is 6.61 Å². The Bertz CT molecular complexity index is 939. The highest BCUT2D eigenvalue weighted by Gasteiger charge is 2.31. The Kier molecular flexibility index (Phi) is 5.13. The molecule has 4 nitrogen and oxygen atoms in total. The Hall–Kier alpha value is -2.95. The maximum Gasteiger partial charge on any atom is 0.340 e. The van der Waals surface area contributed by atoms with E-state index >= 15 is 0 Å². The molecule has 1 N–H and O–H groups in total. The highest BCUT2D eigenvalue weighted by molar-refractivity contribution is 6.03. The first-order valence-electron chi connectivity index (χ1n) is 8.92. The molecule has 0 aliphatic carbocycles. The second-order valence-electron chi connectivity index (χ2n) is 7.34. The molecular weight excluding hydrogens is 343 g/mol. The van der Waals surface area contributed by atoms with Gasteiger partial charge in [0, 0.05) is 29.1 Å². The molecule has 2 aromatic heterocycles. The van der Waals surface area contributed by atoms with Gasteiger partial charge in [-0.25, -0.2) is 9.18 Å². The van der Waals surface area contributed by atoms with Crippen LogP contribution in [-0.2, 0) is 10.2 Å². The molecule has 0 saturated carbocycles. The van der Waals surface area contributed by atoms with Crippen molar-refractivity contribution in [3.63, 3.8) is 0 Å². The number of aromatic nitrogens is 2. The molecule has 5 heteroatoms. The maximum atomic E-state index is 13.4. The van der Waals surface area contributed by atoms with Gasteiger partial charge in [0.15, 0.2) is 0 Å². The molecule has 0 aliphatic heterocycles. The first-order valence-corrected chi connectivity index (χ1v) is 8.92. The number of halogens is 1. The third kappa shape index (κ3) is 3.77. The van der Waals surface area contributed by atoms with E-state index in [2.05, 4.69) is 9.97 Å². The number of esters is 1. The fraction of sp³-hybridized carbons (Fsp3) is 0.273. The number of carbonyl (C=O) groups is 1. The molecule has 0 amide bonds. The summed E-state index contributed by atoms with van der Waals surface area (Å²) in [5.41, 5.74) is 4.12. The van der Waals surface area contributed by atoms with E-state index < -0.39 is 0 Å². The van der Waals surface area contributed by atoms with Gasteiger partial charge in [-0.15, -0.1) is 0 Å². The zero-order valence-corrected chi connectivity index (χ0v) is 16.0. The number of carbonyl (C=O) groups excluding carboxylic acids is 1. The van der Waals surface area contributed by atoms with Gasteiger partial charge in [-0.05, 0) is 54.4 Å². The molecule has 0 fully saturated rings. The van der Waals surface area contributed by atoms with Crippen molar-refractivity contribution in [3.8, 4) is 22.4 Å². The standard InChI is InChI=1S/C22H23FN2O2/c1-5-27-21(26)18-17(14-10-12-24-13-11-14)19(25-20(18)22(2,3)4)15-6-8-16(23)9-7-15/h6-13,25H,5H2,1-4H3. The Balaban J connectivity index is 2.36. The minimum Gasteiger partial charge on any atom is -0.462 e. The van der Waals surface area contributed by atoms with Gasteiger partial charge in [0.2, 0.25) is 0 Å². The van der Waals surface area contributed by atoms with E-state index in [1.165, 1.54) is 12.1 Å². The molecule has 0 spiro atoms. The van der Waals surface area contributed by atoms with Crippen LogP contribution in [-0.4, -0.2) is 22.5 Å². The van der Waals surface area contributed by atoms with Crippen molar-refractivity contribution in [1.29, 1.82) is 0 Å². The van der Waals surface area contributed by atoms with Crippen LogP contribution in [0, 0.1) is 5.82 Å². The van der Waals surface area contributed by atoms with E-state index in [9.17, 15) is 9.18 Å². The maximum absolute atomic E-state index is 13.4. The van der Waals surface area contributed by atoms with Crippen LogP contribution < -0.4 is 0 Å². The van der Waals surface area contributed by atoms with Crippen LogP contribution in [0.25, 0.3) is 22.4 Å². The predicted molar refractivity (Wildman–Crippen MR) is 104 cm³/mol. The number of rotatable bonds is 4. The lowest BCUT2D eigenvalue weighted by Gasteiger charge is -2.19. The molecule has 3 rings (SSSR count). The number of nitrogens with one attached hydrogen (secondary N) is 1. The van der Waals surface area contributed by atoms with Gasteiger partial charge >= 0.3 is 5.97 Å². The molecular formula is C22H23FN2O2. The average Bonchev–Trinajstić information content (AvgIpc) is 3.04. The second-order valence-corrected chi connectivity index (χ2v) is 7.34. The van der Waals surface area contributed by atoms with Crippen molar-refractivity contribution in [1.82, 2.24) is 9.97 Å². The zero-order valence-electron chi connectivity index (χ0n) is 16.0. The summed E-state index contributed by atoms with van der Waals surface area (Å²) in [6, 6.07) is 9.93. The van der Waals surface area contributed by atoms with Crippen molar-refractivity contribution < 1.29 is 13.9 Å². The van der Waals surface area contributed by atoms with Gasteiger partial charge in [-0.1, -0.05) is 20.8 Å². The summed E-state index contributed by atoms with van der Waals surface area (Å²) in [5, 5.41) is 0. The highest BCUT2D eigenvalue weighted by atomic mass is 19.1. The second kappa shape index (κ2) is 7.35. The summed E-state index contributed by atoms with van der Waals surface area (Å²) in [6.07, 6.45) is 3.37. The Labute approximate surface area is 158 Å². The summed E-state index contributed by atoms with van der Waals surface area (Å²) in [6.45, 7) is 8.18. The minimum absolute atomic E-state index is 0.287. The highest BCUT2D eigenvalue weighted by Crippen LogP contribution is 2.40. The summed E-state index contributed by atoms with van der Waals surface area (Å²) in [5.74, 6) is -0.684. The van der Waals surface area contributed by atoms with E-state index in [0.717, 1.165) is 28.1 Å². The van der Waals surface area contributed by atoms with Crippen LogP contribution in [0.15, 0.2) is 48.8 Å². The van der Waals surface area contributed by atoms with Crippen LogP contribution in [0.4, 0.5) is 4.39 Å². The molecule has 3 aromatic rings. The van der Waals surface area contributed by atoms with Crippen LogP contribution >= 0.6 is 0 Å². The van der Waals surface area contributed by atoms with Crippen molar-refractivity contribution in [3.05, 3.63) is 65.9 Å². The first kappa shape index (κ1) is 18.8. The van der Waals surface area contributed by atoms with Crippen molar-refractivity contribution in [2.24, 2.45) is 0 Å². The average molecular weight is 366 g/mol. The van der Waals surface area contributed by atoms with Crippen molar-refractivity contribution >= 4 is 5.97 Å². The van der Waals surface area contributed by atoms with Crippen LogP contribution in [0.3, 0.4) is 0 Å². The molecule has 0 saturated heterocycles. The first-order chi connectivity index (χ1) is 12.8. The van der Waals surface area contributed by atoms with Gasteiger partial charge < -0.3 is 9.72 Å². The lowest BCUT2D eigenvalue weighted by atomic mass is 9.87. The van der Waals surface area contributed by atoms with Crippen molar-refractivity contribution in [2.45, 2.75) is 33.1 Å². The minimum atomic E-state index is -0.376. The SMILES string of the molecule is CCOC(=O)c1c(C(C)(C)C)[nH]c(-c2ccc(F)cc2)c1-c1ccncc1. The number of pyridine rings is 1. The number of benzene rings is 1.